The number of morpholine rings is 1. The van der Waals surface area contributed by atoms with E-state index in [0.29, 0.717) is 13.2 Å². The molecule has 1 fully saturated rings. The number of nitrogens with zero attached hydrogens (tertiary/aromatic N) is 3. The van der Waals surface area contributed by atoms with Crippen LogP contribution in [0.15, 0.2) is 24.5 Å². The molecular formula is C12H12FN3O. The van der Waals surface area contributed by atoms with Crippen molar-refractivity contribution in [2.24, 2.45) is 0 Å². The Morgan fingerprint density at radius 3 is 2.82 bits per heavy atom. The number of hydrogen-bond acceptors (Lipinski definition) is 4. The maximum Gasteiger partial charge on any atom is 0.140 e. The zero-order chi connectivity index (χ0) is 11.7. The average molecular weight is 233 g/mol. The highest BCUT2D eigenvalue weighted by molar-refractivity contribution is 5.89. The van der Waals surface area contributed by atoms with Gasteiger partial charge in [0.25, 0.3) is 0 Å². The molecule has 3 rings (SSSR count). The summed E-state index contributed by atoms with van der Waals surface area (Å²) >= 11 is 0. The normalized spacial score (nSPS) is 16.4. The molecule has 2 aromatic rings. The molecule has 0 aliphatic carbocycles. The highest BCUT2D eigenvalue weighted by Crippen LogP contribution is 2.24. The highest BCUT2D eigenvalue weighted by atomic mass is 19.1. The maximum absolute atomic E-state index is 13.3. The van der Waals surface area contributed by atoms with E-state index in [2.05, 4.69) is 14.9 Å². The molecule has 1 saturated heterocycles. The largest absolute Gasteiger partial charge is 0.378 e. The van der Waals surface area contributed by atoms with E-state index in [4.69, 9.17) is 4.74 Å². The molecule has 5 heteroatoms. The predicted molar refractivity (Wildman–Crippen MR) is 62.5 cm³/mol. The summed E-state index contributed by atoms with van der Waals surface area (Å²) in [4.78, 5) is 10.5. The monoisotopic (exact) mass is 233 g/mol. The van der Waals surface area contributed by atoms with Gasteiger partial charge < -0.3 is 9.64 Å². The van der Waals surface area contributed by atoms with E-state index >= 15 is 0 Å². The number of fused-ring (bicyclic) bond motifs is 1. The van der Waals surface area contributed by atoms with E-state index in [1.54, 1.807) is 6.07 Å². The van der Waals surface area contributed by atoms with Crippen molar-refractivity contribution in [3.63, 3.8) is 0 Å². The van der Waals surface area contributed by atoms with Crippen molar-refractivity contribution in [1.82, 2.24) is 9.97 Å². The van der Waals surface area contributed by atoms with E-state index < -0.39 is 0 Å². The molecule has 0 atom stereocenters. The van der Waals surface area contributed by atoms with Crippen molar-refractivity contribution in [2.45, 2.75) is 0 Å². The van der Waals surface area contributed by atoms with E-state index in [1.807, 2.05) is 0 Å². The Labute approximate surface area is 98.0 Å². The molecular weight excluding hydrogens is 221 g/mol. The fourth-order valence-electron chi connectivity index (χ4n) is 2.04. The van der Waals surface area contributed by atoms with Crippen LogP contribution in [0, 0.1) is 5.82 Å². The molecule has 1 aromatic heterocycles. The molecule has 1 aliphatic rings. The summed E-state index contributed by atoms with van der Waals surface area (Å²) in [5, 5.41) is 0.759. The molecule has 17 heavy (non-hydrogen) atoms. The summed E-state index contributed by atoms with van der Waals surface area (Å²) < 4.78 is 18.6. The zero-order valence-corrected chi connectivity index (χ0v) is 9.27. The van der Waals surface area contributed by atoms with Crippen molar-refractivity contribution in [1.29, 1.82) is 0 Å². The van der Waals surface area contributed by atoms with Crippen LogP contribution in [0.4, 0.5) is 10.2 Å². The number of halogens is 1. The third kappa shape index (κ3) is 1.93. The van der Waals surface area contributed by atoms with Gasteiger partial charge in [-0.05, 0) is 18.2 Å². The van der Waals surface area contributed by atoms with Gasteiger partial charge >= 0.3 is 0 Å². The number of rotatable bonds is 1. The van der Waals surface area contributed by atoms with Crippen LogP contribution in [0.25, 0.3) is 10.9 Å². The van der Waals surface area contributed by atoms with Crippen molar-refractivity contribution < 1.29 is 9.13 Å². The number of ether oxygens (including phenoxy) is 1. The number of benzene rings is 1. The van der Waals surface area contributed by atoms with Crippen LogP contribution in [0.3, 0.4) is 0 Å². The number of aromatic nitrogens is 2. The molecule has 4 nitrogen and oxygen atoms in total. The van der Waals surface area contributed by atoms with Crippen molar-refractivity contribution >= 4 is 16.7 Å². The lowest BCUT2D eigenvalue weighted by Crippen LogP contribution is -2.36. The summed E-state index contributed by atoms with van der Waals surface area (Å²) in [5.41, 5.74) is 0.767. The first-order valence-electron chi connectivity index (χ1n) is 5.57. The predicted octanol–water partition coefficient (Wildman–Crippen LogP) is 1.61. The first kappa shape index (κ1) is 10.4. The lowest BCUT2D eigenvalue weighted by molar-refractivity contribution is 0.122. The summed E-state index contributed by atoms with van der Waals surface area (Å²) in [6, 6.07) is 4.58. The van der Waals surface area contributed by atoms with Crippen LogP contribution in [-0.2, 0) is 4.74 Å². The summed E-state index contributed by atoms with van der Waals surface area (Å²) in [6.07, 6.45) is 1.52. The third-order valence-electron chi connectivity index (χ3n) is 2.89. The molecule has 88 valence electrons. The Balaban J connectivity index is 2.11. The van der Waals surface area contributed by atoms with Crippen LogP contribution < -0.4 is 4.90 Å². The average Bonchev–Trinajstić information content (AvgIpc) is 2.39. The second kappa shape index (κ2) is 4.25. The Bertz CT molecular complexity index is 540. The van der Waals surface area contributed by atoms with Crippen LogP contribution >= 0.6 is 0 Å². The number of anilines is 1. The molecule has 1 aliphatic heterocycles. The van der Waals surface area contributed by atoms with E-state index in [-0.39, 0.29) is 5.82 Å². The van der Waals surface area contributed by atoms with Gasteiger partial charge in [0.1, 0.15) is 18.0 Å². The quantitative estimate of drug-likeness (QED) is 0.750. The lowest BCUT2D eigenvalue weighted by Gasteiger charge is -2.28. The standard InChI is InChI=1S/C12H12FN3O/c13-9-1-2-11-10(7-9)12(15-8-14-11)16-3-5-17-6-4-16/h1-2,7-8H,3-6H2. The molecule has 0 amide bonds. The first-order valence-corrected chi connectivity index (χ1v) is 5.57. The SMILES string of the molecule is Fc1ccc2ncnc(N3CCOCC3)c2c1. The molecule has 1 aromatic carbocycles. The minimum atomic E-state index is -0.262. The van der Waals surface area contributed by atoms with Gasteiger partial charge in [0.2, 0.25) is 0 Å². The van der Waals surface area contributed by atoms with Crippen molar-refractivity contribution in [2.75, 3.05) is 31.2 Å². The summed E-state index contributed by atoms with van der Waals surface area (Å²) in [5.74, 6) is 0.527. The van der Waals surface area contributed by atoms with Gasteiger partial charge in [-0.1, -0.05) is 0 Å². The zero-order valence-electron chi connectivity index (χ0n) is 9.27. The molecule has 0 bridgehead atoms. The molecule has 0 spiro atoms. The Morgan fingerprint density at radius 2 is 2.00 bits per heavy atom. The maximum atomic E-state index is 13.3. The van der Waals surface area contributed by atoms with Crippen LogP contribution in [0.5, 0.6) is 0 Å². The van der Waals surface area contributed by atoms with Gasteiger partial charge in [-0.3, -0.25) is 0 Å². The van der Waals surface area contributed by atoms with Crippen LogP contribution in [0.1, 0.15) is 0 Å². The third-order valence-corrected chi connectivity index (χ3v) is 2.89. The second-order valence-electron chi connectivity index (χ2n) is 3.96. The van der Waals surface area contributed by atoms with Gasteiger partial charge in [-0.15, -0.1) is 0 Å². The molecule has 2 heterocycles. The van der Waals surface area contributed by atoms with Crippen LogP contribution in [0.2, 0.25) is 0 Å². The number of hydrogen-bond donors (Lipinski definition) is 0. The van der Waals surface area contributed by atoms with Crippen molar-refractivity contribution in [3.05, 3.63) is 30.3 Å². The molecule has 0 N–H and O–H groups in total. The van der Waals surface area contributed by atoms with Gasteiger partial charge in [0, 0.05) is 18.5 Å². The summed E-state index contributed by atoms with van der Waals surface area (Å²) in [6.45, 7) is 2.92. The minimum absolute atomic E-state index is 0.262. The summed E-state index contributed by atoms with van der Waals surface area (Å²) in [7, 11) is 0. The van der Waals surface area contributed by atoms with Gasteiger partial charge in [-0.2, -0.15) is 0 Å². The van der Waals surface area contributed by atoms with Gasteiger partial charge in [-0.25, -0.2) is 14.4 Å². The second-order valence-corrected chi connectivity index (χ2v) is 3.96. The fraction of sp³-hybridized carbons (Fsp3) is 0.333. The Morgan fingerprint density at radius 1 is 1.18 bits per heavy atom. The molecule has 0 saturated carbocycles. The topological polar surface area (TPSA) is 38.2 Å². The van der Waals surface area contributed by atoms with Crippen LogP contribution in [-0.4, -0.2) is 36.3 Å². The highest BCUT2D eigenvalue weighted by Gasteiger charge is 2.15. The van der Waals surface area contributed by atoms with E-state index in [9.17, 15) is 4.39 Å². The van der Waals surface area contributed by atoms with Gasteiger partial charge in [0.05, 0.1) is 18.7 Å². The lowest BCUT2D eigenvalue weighted by atomic mass is 10.2. The Hall–Kier alpha value is -1.75. The van der Waals surface area contributed by atoms with E-state index in [0.717, 1.165) is 29.8 Å². The smallest absolute Gasteiger partial charge is 0.140 e. The van der Waals surface area contributed by atoms with E-state index in [1.165, 1.54) is 18.5 Å². The van der Waals surface area contributed by atoms with Crippen molar-refractivity contribution in [3.8, 4) is 0 Å². The van der Waals surface area contributed by atoms with Gasteiger partial charge in [0.15, 0.2) is 0 Å². The molecule has 0 radical (unpaired) electrons. The Kier molecular flexibility index (Phi) is 2.60. The fourth-order valence-corrected chi connectivity index (χ4v) is 2.04. The minimum Gasteiger partial charge on any atom is -0.378 e. The first-order chi connectivity index (χ1) is 8.34. The molecule has 0 unspecified atom stereocenters.